The first-order valence-corrected chi connectivity index (χ1v) is 16.9. The summed E-state index contributed by atoms with van der Waals surface area (Å²) in [7, 11) is 1.48. The van der Waals surface area contributed by atoms with Crippen LogP contribution in [0.5, 0.6) is 5.75 Å². The summed E-state index contributed by atoms with van der Waals surface area (Å²) in [5, 5.41) is 22.2. The lowest BCUT2D eigenvalue weighted by Crippen LogP contribution is -2.51. The quantitative estimate of drug-likeness (QED) is 0.180. The monoisotopic (exact) mass is 767 g/mol. The molecule has 20 heteroatoms. The van der Waals surface area contributed by atoms with Crippen LogP contribution in [0, 0.1) is 6.92 Å². The predicted octanol–water partition coefficient (Wildman–Crippen LogP) is 3.95. The molecular formula is C34H33ClF3N11O5. The number of amides is 4. The number of piperazine rings is 1. The number of aromatic nitrogens is 6. The van der Waals surface area contributed by atoms with E-state index in [4.69, 9.17) is 11.6 Å². The van der Waals surface area contributed by atoms with Gasteiger partial charge in [-0.3, -0.25) is 14.4 Å². The largest absolute Gasteiger partial charge is 0.504 e. The number of benzene rings is 2. The van der Waals surface area contributed by atoms with Gasteiger partial charge >= 0.3 is 12.2 Å². The Kier molecular flexibility index (Phi) is 10.4. The van der Waals surface area contributed by atoms with E-state index in [0.717, 1.165) is 16.6 Å². The fourth-order valence-electron chi connectivity index (χ4n) is 5.98. The molecule has 4 amide bonds. The summed E-state index contributed by atoms with van der Waals surface area (Å²) in [6.07, 6.45) is -3.21. The summed E-state index contributed by atoms with van der Waals surface area (Å²) in [4.78, 5) is 68.6. The highest BCUT2D eigenvalue weighted by molar-refractivity contribution is 6.33. The van der Waals surface area contributed by atoms with Crippen LogP contribution in [-0.2, 0) is 23.9 Å². The lowest BCUT2D eigenvalue weighted by molar-refractivity contribution is -0.137. The molecule has 4 heterocycles. The molecule has 1 aliphatic heterocycles. The minimum Gasteiger partial charge on any atom is -0.504 e. The Bertz CT molecular complexity index is 2320. The molecule has 2 aromatic carbocycles. The van der Waals surface area contributed by atoms with E-state index in [1.54, 1.807) is 43.0 Å². The van der Waals surface area contributed by atoms with Crippen molar-refractivity contribution in [1.29, 1.82) is 0 Å². The highest BCUT2D eigenvalue weighted by atomic mass is 35.5. The van der Waals surface area contributed by atoms with Gasteiger partial charge in [0.25, 0.3) is 11.5 Å². The van der Waals surface area contributed by atoms with E-state index in [1.165, 1.54) is 22.8 Å². The molecular weight excluding hydrogens is 735 g/mol. The van der Waals surface area contributed by atoms with Crippen molar-refractivity contribution in [3.05, 3.63) is 86.8 Å². The van der Waals surface area contributed by atoms with Crippen LogP contribution in [0.25, 0.3) is 17.2 Å². The summed E-state index contributed by atoms with van der Waals surface area (Å²) in [5.74, 6) is -1.35. The summed E-state index contributed by atoms with van der Waals surface area (Å²) < 4.78 is 42.3. The Balaban J connectivity index is 1.37. The van der Waals surface area contributed by atoms with Crippen LogP contribution < -0.4 is 26.4 Å². The molecule has 1 saturated heterocycles. The SMILES string of the molecule is CCc1c(N2CCN(C(=O)c3ncnc(C)c3O)CC2)c(=O)n2nc(-c3ccc(NC(=O)NC)cc3)nc2n1CC(=O)Nc1ccc(C(F)(F)F)cc1Cl. The van der Waals surface area contributed by atoms with Gasteiger partial charge in [-0.15, -0.1) is 5.10 Å². The van der Waals surface area contributed by atoms with Crippen molar-refractivity contribution >= 4 is 52.3 Å². The molecule has 3 aromatic heterocycles. The van der Waals surface area contributed by atoms with E-state index in [0.29, 0.717) is 23.0 Å². The lowest BCUT2D eigenvalue weighted by atomic mass is 10.2. The number of anilines is 3. The van der Waals surface area contributed by atoms with Crippen LogP contribution in [0.2, 0.25) is 5.02 Å². The van der Waals surface area contributed by atoms with Crippen molar-refractivity contribution in [3.8, 4) is 17.1 Å². The summed E-state index contributed by atoms with van der Waals surface area (Å²) in [6, 6.07) is 8.66. The van der Waals surface area contributed by atoms with Crippen LogP contribution in [0.15, 0.2) is 53.6 Å². The minimum atomic E-state index is -4.64. The zero-order valence-electron chi connectivity index (χ0n) is 29.0. The van der Waals surface area contributed by atoms with Crippen molar-refractivity contribution in [2.75, 3.05) is 48.8 Å². The molecule has 0 bridgehead atoms. The number of hydrogen-bond acceptors (Lipinski definition) is 10. The van der Waals surface area contributed by atoms with E-state index in [1.807, 2.05) is 0 Å². The Hall–Kier alpha value is -6.24. The Labute approximate surface area is 309 Å². The first-order chi connectivity index (χ1) is 25.7. The van der Waals surface area contributed by atoms with Crippen molar-refractivity contribution in [1.82, 2.24) is 39.3 Å². The van der Waals surface area contributed by atoms with E-state index in [2.05, 4.69) is 36.0 Å². The number of nitrogens with one attached hydrogen (secondary N) is 3. The number of aromatic hydroxyl groups is 1. The number of rotatable bonds is 8. The fourth-order valence-corrected chi connectivity index (χ4v) is 6.21. The van der Waals surface area contributed by atoms with Crippen molar-refractivity contribution < 1.29 is 32.7 Å². The van der Waals surface area contributed by atoms with Gasteiger partial charge in [0.2, 0.25) is 11.7 Å². The molecule has 0 spiro atoms. The molecule has 0 atom stereocenters. The second-order valence-electron chi connectivity index (χ2n) is 12.1. The normalized spacial score (nSPS) is 13.2. The molecule has 0 aliphatic carbocycles. The van der Waals surface area contributed by atoms with E-state index in [9.17, 15) is 37.5 Å². The number of aryl methyl sites for hydroxylation is 1. The predicted molar refractivity (Wildman–Crippen MR) is 192 cm³/mol. The van der Waals surface area contributed by atoms with E-state index >= 15 is 0 Å². The van der Waals surface area contributed by atoms with Gasteiger partial charge in [-0.2, -0.15) is 22.7 Å². The summed E-state index contributed by atoms with van der Waals surface area (Å²) >= 11 is 6.12. The number of carbonyl (C=O) groups excluding carboxylic acids is 3. The van der Waals surface area contributed by atoms with Gasteiger partial charge in [0.1, 0.15) is 18.6 Å². The average Bonchev–Trinajstić information content (AvgIpc) is 3.60. The number of carbonyl (C=O) groups is 3. The first kappa shape index (κ1) is 37.5. The Morgan fingerprint density at radius 3 is 2.33 bits per heavy atom. The van der Waals surface area contributed by atoms with E-state index < -0.39 is 41.7 Å². The van der Waals surface area contributed by atoms with Gasteiger partial charge in [-0.25, -0.2) is 14.8 Å². The topological polar surface area (TPSA) is 192 Å². The zero-order valence-corrected chi connectivity index (χ0v) is 29.8. The summed E-state index contributed by atoms with van der Waals surface area (Å²) in [5.41, 5.74) is 0.135. The molecule has 1 aliphatic rings. The number of urea groups is 1. The molecule has 5 aromatic rings. The molecule has 0 unspecified atom stereocenters. The highest BCUT2D eigenvalue weighted by Gasteiger charge is 2.32. The number of alkyl halides is 3. The second kappa shape index (κ2) is 15.0. The third kappa shape index (κ3) is 7.47. The number of nitrogens with zero attached hydrogens (tertiary/aromatic N) is 8. The maximum atomic E-state index is 14.3. The van der Waals surface area contributed by atoms with Crippen LogP contribution in [-0.4, -0.2) is 90.2 Å². The number of hydrogen-bond donors (Lipinski definition) is 4. The molecule has 0 radical (unpaired) electrons. The van der Waals surface area contributed by atoms with Crippen molar-refractivity contribution in [2.24, 2.45) is 0 Å². The van der Waals surface area contributed by atoms with Gasteiger partial charge in [0.15, 0.2) is 17.3 Å². The second-order valence-corrected chi connectivity index (χ2v) is 12.6. The fraction of sp³-hybridized carbons (Fsp3) is 0.294. The van der Waals surface area contributed by atoms with Crippen LogP contribution in [0.4, 0.5) is 35.0 Å². The highest BCUT2D eigenvalue weighted by Crippen LogP contribution is 2.34. The molecule has 0 saturated carbocycles. The third-order valence-corrected chi connectivity index (χ3v) is 9.06. The smallest absolute Gasteiger partial charge is 0.416 e. The Morgan fingerprint density at radius 1 is 1.00 bits per heavy atom. The molecule has 6 rings (SSSR count). The maximum Gasteiger partial charge on any atom is 0.416 e. The zero-order chi connectivity index (χ0) is 38.9. The first-order valence-electron chi connectivity index (χ1n) is 16.5. The van der Waals surface area contributed by atoms with Gasteiger partial charge in [0.05, 0.1) is 27.7 Å². The molecule has 16 nitrogen and oxygen atoms in total. The van der Waals surface area contributed by atoms with Crippen LogP contribution in [0.3, 0.4) is 0 Å². The third-order valence-electron chi connectivity index (χ3n) is 8.75. The molecule has 282 valence electrons. The number of fused-ring (bicyclic) bond motifs is 1. The van der Waals surface area contributed by atoms with Crippen molar-refractivity contribution in [2.45, 2.75) is 33.0 Å². The van der Waals surface area contributed by atoms with Gasteiger partial charge in [-0.1, -0.05) is 18.5 Å². The minimum absolute atomic E-state index is 0.0141. The molecule has 4 N–H and O–H groups in total. The van der Waals surface area contributed by atoms with E-state index in [-0.39, 0.29) is 77.7 Å². The van der Waals surface area contributed by atoms with Gasteiger partial charge in [-0.05, 0) is 55.8 Å². The average molecular weight is 768 g/mol. The van der Waals surface area contributed by atoms with Gasteiger partial charge < -0.3 is 35.4 Å². The summed E-state index contributed by atoms with van der Waals surface area (Å²) in [6.45, 7) is 3.60. The van der Waals surface area contributed by atoms with Crippen molar-refractivity contribution in [3.63, 3.8) is 0 Å². The van der Waals surface area contributed by atoms with Crippen LogP contribution in [0.1, 0.15) is 34.4 Å². The molecule has 1 fully saturated rings. The lowest BCUT2D eigenvalue weighted by Gasteiger charge is -2.36. The Morgan fingerprint density at radius 2 is 1.70 bits per heavy atom. The maximum absolute atomic E-state index is 14.3. The van der Waals surface area contributed by atoms with Gasteiger partial charge in [0, 0.05) is 44.5 Å². The standard InChI is InChI=1S/C34H33ClF3N11O5/c1-4-24-27(46-11-13-47(14-12-46)30(52)26-28(51)18(2)40-17-41-26)31(53)49-33(44-29(45-49)19-5-8-21(9-6-19)42-32(54)39-3)48(24)16-25(50)43-23-10-7-20(15-22(23)35)34(36,37)38/h5-10,15,17,51H,4,11-14,16H2,1-3H3,(H,43,50)(H2,39,42,54). The molecule has 54 heavy (non-hydrogen) atoms. The van der Waals surface area contributed by atoms with Crippen LogP contribution >= 0.6 is 11.6 Å². The number of halogens is 4.